The number of hydrogen-bond donors (Lipinski definition) is 0. The molecule has 0 atom stereocenters. The lowest BCUT2D eigenvalue weighted by molar-refractivity contribution is -0.129. The maximum absolute atomic E-state index is 14.2. The molecule has 0 aliphatic rings. The molecule has 0 radical (unpaired) electrons. The molecule has 4 aromatic carbocycles. The zero-order chi connectivity index (χ0) is 26.1. The predicted octanol–water partition coefficient (Wildman–Crippen LogP) is 5.00. The molecular weight excluding hydrogens is 477 g/mol. The maximum atomic E-state index is 14.2. The minimum absolute atomic E-state index is 0.0435. The fourth-order valence-corrected chi connectivity index (χ4v) is 8.70. The minimum atomic E-state index is -2.32. The van der Waals surface area contributed by atoms with Crippen LogP contribution in [0.1, 0.15) is 18.9 Å². The molecule has 4 nitrogen and oxygen atoms in total. The topological polar surface area (TPSA) is 46.6 Å². The van der Waals surface area contributed by atoms with Crippen LogP contribution in [-0.2, 0) is 16.1 Å². The van der Waals surface area contributed by atoms with E-state index in [4.69, 9.17) is 4.74 Å². The minimum Gasteiger partial charge on any atom is -0.497 e. The van der Waals surface area contributed by atoms with Crippen molar-refractivity contribution in [3.05, 3.63) is 121 Å². The Bertz CT molecular complexity index is 1200. The molecule has 0 saturated carbocycles. The Labute approximate surface area is 220 Å². The highest BCUT2D eigenvalue weighted by Gasteiger charge is 2.48. The number of rotatable bonds is 11. The number of ketones is 1. The lowest BCUT2D eigenvalue weighted by Crippen LogP contribution is -2.41. The van der Waals surface area contributed by atoms with Crippen LogP contribution in [0.15, 0.2) is 115 Å². The lowest BCUT2D eigenvalue weighted by Gasteiger charge is -2.30. The summed E-state index contributed by atoms with van der Waals surface area (Å²) in [4.78, 5) is 28.0. The Morgan fingerprint density at radius 2 is 1.16 bits per heavy atom. The third-order valence-corrected chi connectivity index (χ3v) is 10.9. The van der Waals surface area contributed by atoms with Gasteiger partial charge in [-0.1, -0.05) is 66.7 Å². The summed E-state index contributed by atoms with van der Waals surface area (Å²) in [6, 6.07) is 38.9. The van der Waals surface area contributed by atoms with Crippen molar-refractivity contribution in [3.63, 3.8) is 0 Å². The number of carbonyl (C=O) groups is 2. The molecule has 0 saturated heterocycles. The summed E-state index contributed by atoms with van der Waals surface area (Å²) in [6.07, 6.45) is 0.675. The predicted molar refractivity (Wildman–Crippen MR) is 154 cm³/mol. The highest BCUT2D eigenvalue weighted by molar-refractivity contribution is 7.96. The highest BCUT2D eigenvalue weighted by atomic mass is 31.2. The molecule has 0 N–H and O–H groups in total. The molecule has 188 valence electrons. The van der Waals surface area contributed by atoms with Gasteiger partial charge in [0.2, 0.25) is 0 Å². The zero-order valence-electron chi connectivity index (χ0n) is 21.4. The summed E-state index contributed by atoms with van der Waals surface area (Å²) in [5.74, 6) is 0.886. The van der Waals surface area contributed by atoms with Crippen LogP contribution in [0.5, 0.6) is 5.75 Å². The Morgan fingerprint density at radius 3 is 1.57 bits per heavy atom. The molecule has 0 aromatic heterocycles. The normalized spacial score (nSPS) is 11.1. The van der Waals surface area contributed by atoms with E-state index in [-0.39, 0.29) is 11.7 Å². The summed E-state index contributed by atoms with van der Waals surface area (Å²) in [6.45, 7) is 2.40. The van der Waals surface area contributed by atoms with Crippen molar-refractivity contribution < 1.29 is 14.3 Å². The van der Waals surface area contributed by atoms with Gasteiger partial charge in [0, 0.05) is 19.5 Å². The van der Waals surface area contributed by atoms with Crippen LogP contribution >= 0.6 is 7.26 Å². The summed E-state index contributed by atoms with van der Waals surface area (Å²) < 4.78 is 5.29. The van der Waals surface area contributed by atoms with Crippen LogP contribution in [0.3, 0.4) is 0 Å². The van der Waals surface area contributed by atoms with Crippen LogP contribution < -0.4 is 20.7 Å². The fourth-order valence-electron chi connectivity index (χ4n) is 4.61. The Kier molecular flexibility index (Phi) is 8.87. The van der Waals surface area contributed by atoms with Gasteiger partial charge in [-0.15, -0.1) is 0 Å². The van der Waals surface area contributed by atoms with Gasteiger partial charge >= 0.3 is 0 Å². The number of benzene rings is 4. The molecular formula is C32H33NO3P+. The number of nitrogens with zero attached hydrogens (tertiary/aromatic N) is 1. The molecule has 0 aliphatic heterocycles. The van der Waals surface area contributed by atoms with Gasteiger partial charge in [0.15, 0.2) is 6.16 Å². The first-order chi connectivity index (χ1) is 18.0. The van der Waals surface area contributed by atoms with E-state index < -0.39 is 7.26 Å². The summed E-state index contributed by atoms with van der Waals surface area (Å²) in [5, 5.41) is 3.49. The molecule has 0 bridgehead atoms. The average molecular weight is 511 g/mol. The molecule has 0 heterocycles. The highest BCUT2D eigenvalue weighted by Crippen LogP contribution is 2.55. The summed E-state index contributed by atoms with van der Waals surface area (Å²) in [5.41, 5.74) is 1.00. The number of carbonyl (C=O) groups excluding carboxylic acids is 2. The van der Waals surface area contributed by atoms with E-state index in [1.54, 1.807) is 14.0 Å². The second-order valence-corrected chi connectivity index (χ2v) is 12.6. The van der Waals surface area contributed by atoms with Crippen molar-refractivity contribution >= 4 is 34.9 Å². The van der Waals surface area contributed by atoms with Gasteiger partial charge in [0.25, 0.3) is 5.91 Å². The largest absolute Gasteiger partial charge is 0.497 e. The van der Waals surface area contributed by atoms with Crippen molar-refractivity contribution in [1.82, 2.24) is 4.90 Å². The first-order valence-electron chi connectivity index (χ1n) is 12.5. The molecule has 1 amide bonds. The molecule has 0 fully saturated rings. The Morgan fingerprint density at radius 1 is 0.703 bits per heavy atom. The SMILES string of the molecule is COc1ccc(CN(CCC(C)=O)C(=O)C[P+](c2ccccc2)(c2ccccc2)c2ccccc2)cc1. The van der Waals surface area contributed by atoms with Crippen LogP contribution in [0.2, 0.25) is 0 Å². The Balaban J connectivity index is 1.78. The van der Waals surface area contributed by atoms with E-state index in [0.29, 0.717) is 25.7 Å². The van der Waals surface area contributed by atoms with Crippen LogP contribution in [0.4, 0.5) is 0 Å². The van der Waals surface area contributed by atoms with E-state index >= 15 is 0 Å². The standard InChI is InChI=1S/C32H33NO3P/c1-26(34)22-23-33(24-27-18-20-28(36-2)21-19-27)32(35)25-37(29-12-6-3-7-13-29,30-14-8-4-9-15-30)31-16-10-5-11-17-31/h3-21H,22-25H2,1-2H3/q+1. The van der Waals surface area contributed by atoms with Crippen molar-refractivity contribution in [1.29, 1.82) is 0 Å². The molecule has 0 unspecified atom stereocenters. The van der Waals surface area contributed by atoms with Gasteiger partial charge in [-0.25, -0.2) is 0 Å². The van der Waals surface area contributed by atoms with E-state index in [1.165, 1.54) is 0 Å². The third-order valence-electron chi connectivity index (χ3n) is 6.58. The van der Waals surface area contributed by atoms with E-state index in [2.05, 4.69) is 36.4 Å². The van der Waals surface area contributed by atoms with Crippen molar-refractivity contribution in [2.24, 2.45) is 0 Å². The summed E-state index contributed by atoms with van der Waals surface area (Å²) >= 11 is 0. The average Bonchev–Trinajstić information content (AvgIpc) is 2.95. The fraction of sp³-hybridized carbons (Fsp3) is 0.188. The first-order valence-corrected chi connectivity index (χ1v) is 14.5. The first kappa shape index (κ1) is 26.3. The lowest BCUT2D eigenvalue weighted by atomic mass is 10.2. The van der Waals surface area contributed by atoms with Crippen LogP contribution in [0, 0.1) is 0 Å². The molecule has 4 aromatic rings. The van der Waals surface area contributed by atoms with E-state index in [9.17, 15) is 9.59 Å². The monoisotopic (exact) mass is 510 g/mol. The second kappa shape index (κ2) is 12.5. The van der Waals surface area contributed by atoms with Gasteiger partial charge in [0.1, 0.15) is 34.7 Å². The third kappa shape index (κ3) is 6.34. The molecule has 37 heavy (non-hydrogen) atoms. The number of ether oxygens (including phenoxy) is 1. The van der Waals surface area contributed by atoms with Gasteiger partial charge in [0.05, 0.1) is 7.11 Å². The molecule has 0 spiro atoms. The maximum Gasteiger partial charge on any atom is 0.261 e. The number of amides is 1. The number of methoxy groups -OCH3 is 1. The number of Topliss-reactive ketones (excluding diaryl/α,β-unsaturated/α-hetero) is 1. The van der Waals surface area contributed by atoms with Gasteiger partial charge < -0.3 is 9.64 Å². The van der Waals surface area contributed by atoms with Crippen molar-refractivity contribution in [2.75, 3.05) is 19.8 Å². The zero-order valence-corrected chi connectivity index (χ0v) is 22.3. The smallest absolute Gasteiger partial charge is 0.261 e. The van der Waals surface area contributed by atoms with Gasteiger partial charge in [-0.05, 0) is 61.0 Å². The van der Waals surface area contributed by atoms with Crippen LogP contribution in [0.25, 0.3) is 0 Å². The second-order valence-electron chi connectivity index (χ2n) is 9.09. The molecule has 0 aliphatic carbocycles. The summed E-state index contributed by atoms with van der Waals surface area (Å²) in [7, 11) is -0.688. The van der Waals surface area contributed by atoms with E-state index in [0.717, 1.165) is 27.2 Å². The van der Waals surface area contributed by atoms with Crippen molar-refractivity contribution in [2.45, 2.75) is 19.9 Å². The molecule has 5 heteroatoms. The van der Waals surface area contributed by atoms with E-state index in [1.807, 2.05) is 83.8 Å². The quantitative estimate of drug-likeness (QED) is 0.267. The van der Waals surface area contributed by atoms with Crippen molar-refractivity contribution in [3.8, 4) is 5.75 Å². The molecule has 4 rings (SSSR count). The number of hydrogen-bond acceptors (Lipinski definition) is 3. The van der Waals surface area contributed by atoms with Crippen LogP contribution in [-0.4, -0.2) is 36.4 Å². The Hall–Kier alpha value is -3.75. The van der Waals surface area contributed by atoms with Gasteiger partial charge in [-0.3, -0.25) is 9.59 Å². The van der Waals surface area contributed by atoms with Gasteiger partial charge in [-0.2, -0.15) is 0 Å².